The summed E-state index contributed by atoms with van der Waals surface area (Å²) in [5.41, 5.74) is 0. The molecule has 0 radical (unpaired) electrons. The highest BCUT2D eigenvalue weighted by Gasteiger charge is 1.94. The van der Waals surface area contributed by atoms with Crippen LogP contribution in [0.2, 0.25) is 0 Å². The normalized spacial score (nSPS) is 10.7. The van der Waals surface area contributed by atoms with Gasteiger partial charge in [-0.2, -0.15) is 0 Å². The lowest BCUT2D eigenvalue weighted by atomic mass is 10.4. The number of nitrogens with zero attached hydrogens (tertiary/aromatic N) is 1. The molecular formula is C6H10N2O2. The van der Waals surface area contributed by atoms with E-state index < -0.39 is 0 Å². The first kappa shape index (κ1) is 8.68. The summed E-state index contributed by atoms with van der Waals surface area (Å²) in [7, 11) is 1.48. The zero-order valence-corrected chi connectivity index (χ0v) is 5.79. The Kier molecular flexibility index (Phi) is 3.95. The maximum absolute atomic E-state index is 10.5. The van der Waals surface area contributed by atoms with Gasteiger partial charge in [0.1, 0.15) is 5.76 Å². The predicted molar refractivity (Wildman–Crippen MR) is 39.2 cm³/mol. The number of likely N-dealkylation sites (N-methyl/N-ethyl adjacent to an activating group) is 1. The first-order valence-corrected chi connectivity index (χ1v) is 2.74. The standard InChI is InChI=1S/C6H10N2O2/c1-7-4-5(9)3-6(10)8-2/h3,9H,1,4H2,2H3,(H,8,10)/b5-3-. The highest BCUT2D eigenvalue weighted by molar-refractivity contribution is 5.87. The van der Waals surface area contributed by atoms with Gasteiger partial charge in [0.05, 0.1) is 6.54 Å². The molecule has 0 aliphatic carbocycles. The summed E-state index contributed by atoms with van der Waals surface area (Å²) in [4.78, 5) is 13.9. The molecule has 0 aromatic carbocycles. The van der Waals surface area contributed by atoms with Gasteiger partial charge < -0.3 is 10.4 Å². The van der Waals surface area contributed by atoms with E-state index >= 15 is 0 Å². The van der Waals surface area contributed by atoms with Crippen LogP contribution in [0, 0.1) is 0 Å². The second-order valence-electron chi connectivity index (χ2n) is 1.63. The second-order valence-corrected chi connectivity index (χ2v) is 1.63. The first-order chi connectivity index (χ1) is 4.70. The lowest BCUT2D eigenvalue weighted by Crippen LogP contribution is -2.15. The highest BCUT2D eigenvalue weighted by Crippen LogP contribution is 1.86. The van der Waals surface area contributed by atoms with Gasteiger partial charge in [-0.25, -0.2) is 0 Å². The van der Waals surface area contributed by atoms with Gasteiger partial charge >= 0.3 is 0 Å². The molecule has 0 spiro atoms. The van der Waals surface area contributed by atoms with Crippen LogP contribution in [0.4, 0.5) is 0 Å². The largest absolute Gasteiger partial charge is 0.510 e. The van der Waals surface area contributed by atoms with Crippen molar-refractivity contribution in [2.45, 2.75) is 0 Å². The number of hydrogen-bond acceptors (Lipinski definition) is 3. The number of carbonyl (C=O) groups is 1. The molecule has 0 aromatic rings. The van der Waals surface area contributed by atoms with Gasteiger partial charge in [0, 0.05) is 13.1 Å². The monoisotopic (exact) mass is 142 g/mol. The smallest absolute Gasteiger partial charge is 0.247 e. The van der Waals surface area contributed by atoms with Crippen LogP contribution in [0.5, 0.6) is 0 Å². The van der Waals surface area contributed by atoms with E-state index in [1.54, 1.807) is 0 Å². The van der Waals surface area contributed by atoms with Crippen molar-refractivity contribution < 1.29 is 9.90 Å². The van der Waals surface area contributed by atoms with Gasteiger partial charge in [-0.15, -0.1) is 0 Å². The van der Waals surface area contributed by atoms with E-state index in [9.17, 15) is 4.79 Å². The summed E-state index contributed by atoms with van der Waals surface area (Å²) in [6.07, 6.45) is 1.06. The van der Waals surface area contributed by atoms with E-state index in [0.29, 0.717) is 0 Å². The zero-order valence-electron chi connectivity index (χ0n) is 5.79. The molecule has 0 unspecified atom stereocenters. The number of aliphatic hydroxyl groups is 1. The molecule has 2 N–H and O–H groups in total. The van der Waals surface area contributed by atoms with Crippen molar-refractivity contribution in [2.75, 3.05) is 13.6 Å². The third-order valence-corrected chi connectivity index (χ3v) is 0.818. The van der Waals surface area contributed by atoms with E-state index in [0.717, 1.165) is 6.08 Å². The molecule has 0 aromatic heterocycles. The Bertz CT molecular complexity index is 163. The minimum atomic E-state index is -0.346. The molecule has 4 nitrogen and oxygen atoms in total. The number of aliphatic imine (C=N–C) groups is 1. The van der Waals surface area contributed by atoms with Crippen molar-refractivity contribution in [3.8, 4) is 0 Å². The molecule has 0 heterocycles. The number of carbonyl (C=O) groups excluding carboxylic acids is 1. The van der Waals surface area contributed by atoms with Gasteiger partial charge in [-0.1, -0.05) is 0 Å². The molecule has 4 heteroatoms. The lowest BCUT2D eigenvalue weighted by Gasteiger charge is -1.93. The number of aliphatic hydroxyl groups excluding tert-OH is 1. The van der Waals surface area contributed by atoms with Crippen molar-refractivity contribution >= 4 is 12.6 Å². The highest BCUT2D eigenvalue weighted by atomic mass is 16.3. The summed E-state index contributed by atoms with van der Waals surface area (Å²) >= 11 is 0. The third-order valence-electron chi connectivity index (χ3n) is 0.818. The summed E-state index contributed by atoms with van der Waals surface area (Å²) in [6, 6.07) is 0. The summed E-state index contributed by atoms with van der Waals surface area (Å²) in [6.45, 7) is 3.23. The lowest BCUT2D eigenvalue weighted by molar-refractivity contribution is -0.116. The van der Waals surface area contributed by atoms with Crippen molar-refractivity contribution in [1.82, 2.24) is 5.32 Å². The predicted octanol–water partition coefficient (Wildman–Crippen LogP) is -0.125. The fourth-order valence-electron chi connectivity index (χ4n) is 0.384. The van der Waals surface area contributed by atoms with Gasteiger partial charge in [-0.05, 0) is 6.72 Å². The fraction of sp³-hybridized carbons (Fsp3) is 0.333. The Morgan fingerprint density at radius 1 is 1.90 bits per heavy atom. The number of nitrogens with one attached hydrogen (secondary N) is 1. The second kappa shape index (κ2) is 4.55. The number of hydrogen-bond donors (Lipinski definition) is 2. The van der Waals surface area contributed by atoms with Crippen LogP contribution in [0.3, 0.4) is 0 Å². The van der Waals surface area contributed by atoms with Crippen LogP contribution in [-0.4, -0.2) is 31.3 Å². The molecule has 0 aliphatic heterocycles. The number of amides is 1. The van der Waals surface area contributed by atoms with Gasteiger partial charge in [0.15, 0.2) is 0 Å². The molecule has 0 fully saturated rings. The van der Waals surface area contributed by atoms with Crippen LogP contribution >= 0.6 is 0 Å². The molecule has 56 valence electrons. The van der Waals surface area contributed by atoms with E-state index in [2.05, 4.69) is 17.0 Å². The van der Waals surface area contributed by atoms with Gasteiger partial charge in [0.25, 0.3) is 0 Å². The van der Waals surface area contributed by atoms with E-state index in [1.165, 1.54) is 7.05 Å². The van der Waals surface area contributed by atoms with Gasteiger partial charge in [0.2, 0.25) is 5.91 Å². The maximum atomic E-state index is 10.5. The Hall–Kier alpha value is -1.32. The fourth-order valence-corrected chi connectivity index (χ4v) is 0.384. The van der Waals surface area contributed by atoms with E-state index in [-0.39, 0.29) is 18.2 Å². The minimum absolute atomic E-state index is 0.0768. The van der Waals surface area contributed by atoms with Crippen molar-refractivity contribution in [2.24, 2.45) is 4.99 Å². The molecule has 0 aliphatic rings. The van der Waals surface area contributed by atoms with Crippen LogP contribution < -0.4 is 5.32 Å². The molecule has 10 heavy (non-hydrogen) atoms. The Morgan fingerprint density at radius 3 is 2.90 bits per heavy atom. The number of rotatable bonds is 3. The third kappa shape index (κ3) is 3.65. The molecule has 1 amide bonds. The summed E-state index contributed by atoms with van der Waals surface area (Å²) in [5.74, 6) is -0.435. The summed E-state index contributed by atoms with van der Waals surface area (Å²) < 4.78 is 0. The zero-order chi connectivity index (χ0) is 7.98. The van der Waals surface area contributed by atoms with Crippen molar-refractivity contribution in [3.63, 3.8) is 0 Å². The SMILES string of the molecule is C=NC/C(O)=C/C(=O)NC. The first-order valence-electron chi connectivity index (χ1n) is 2.74. The molecule has 0 atom stereocenters. The Labute approximate surface area is 59.3 Å². The van der Waals surface area contributed by atoms with E-state index in [4.69, 9.17) is 5.11 Å². The van der Waals surface area contributed by atoms with Crippen LogP contribution in [0.1, 0.15) is 0 Å². The molecule has 0 bridgehead atoms. The minimum Gasteiger partial charge on any atom is -0.510 e. The average Bonchev–Trinajstić information content (AvgIpc) is 1.88. The molecular weight excluding hydrogens is 132 g/mol. The van der Waals surface area contributed by atoms with Crippen LogP contribution in [-0.2, 0) is 4.79 Å². The van der Waals surface area contributed by atoms with E-state index in [1.807, 2.05) is 0 Å². The molecule has 0 saturated carbocycles. The van der Waals surface area contributed by atoms with Crippen molar-refractivity contribution in [1.29, 1.82) is 0 Å². The summed E-state index contributed by atoms with van der Waals surface area (Å²) in [5, 5.41) is 11.1. The van der Waals surface area contributed by atoms with Crippen LogP contribution in [0.15, 0.2) is 16.8 Å². The molecule has 0 saturated heterocycles. The molecule has 0 rings (SSSR count). The maximum Gasteiger partial charge on any atom is 0.247 e. The quantitative estimate of drug-likeness (QED) is 0.327. The Morgan fingerprint density at radius 2 is 2.50 bits per heavy atom. The van der Waals surface area contributed by atoms with Gasteiger partial charge in [-0.3, -0.25) is 9.79 Å². The average molecular weight is 142 g/mol. The topological polar surface area (TPSA) is 61.7 Å². The van der Waals surface area contributed by atoms with Crippen molar-refractivity contribution in [3.05, 3.63) is 11.8 Å². The van der Waals surface area contributed by atoms with Crippen LogP contribution in [0.25, 0.3) is 0 Å². The Balaban J connectivity index is 3.88.